The molecule has 1 unspecified atom stereocenters. The van der Waals surface area contributed by atoms with E-state index in [1.165, 1.54) is 12.1 Å². The number of carbonyl (C=O) groups excluding carboxylic acids is 2. The molecule has 3 aromatic rings. The Morgan fingerprint density at radius 2 is 1.79 bits per heavy atom. The second kappa shape index (κ2) is 13.5. The summed E-state index contributed by atoms with van der Waals surface area (Å²) in [6, 6.07) is 10.5. The quantitative estimate of drug-likeness (QED) is 0.440. The highest BCUT2D eigenvalue weighted by atomic mass is 35.5. The van der Waals surface area contributed by atoms with Crippen LogP contribution in [0.2, 0.25) is 0 Å². The van der Waals surface area contributed by atoms with Gasteiger partial charge in [0, 0.05) is 31.1 Å². The number of esters is 1. The molecule has 178 valence electrons. The van der Waals surface area contributed by atoms with Gasteiger partial charge in [-0.2, -0.15) is 5.10 Å². The number of carbonyl (C=O) groups is 2. The number of nitrogens with one attached hydrogen (secondary N) is 2. The van der Waals surface area contributed by atoms with E-state index in [2.05, 4.69) is 20.7 Å². The van der Waals surface area contributed by atoms with Gasteiger partial charge in [0.1, 0.15) is 11.6 Å². The lowest BCUT2D eigenvalue weighted by molar-refractivity contribution is -0.142. The number of halogens is 3. The number of hydrogen-bond donors (Lipinski definition) is 2. The number of hydrogen-bond acceptors (Lipinski definition) is 6. The maximum Gasteiger partial charge on any atom is 0.319 e. The highest BCUT2D eigenvalue weighted by molar-refractivity contribution is 5.95. The van der Waals surface area contributed by atoms with Gasteiger partial charge in [0.15, 0.2) is 0 Å². The van der Waals surface area contributed by atoms with Crippen molar-refractivity contribution in [1.29, 1.82) is 0 Å². The summed E-state index contributed by atoms with van der Waals surface area (Å²) in [5.41, 5.74) is 2.31. The molecule has 0 spiro atoms. The molecule has 2 N–H and O–H groups in total. The van der Waals surface area contributed by atoms with E-state index in [1.807, 2.05) is 12.1 Å². The molecule has 8 nitrogen and oxygen atoms in total. The monoisotopic (exact) mass is 497 g/mol. The molecule has 0 aliphatic rings. The van der Waals surface area contributed by atoms with E-state index in [4.69, 9.17) is 4.74 Å². The molecule has 0 aliphatic carbocycles. The Labute approximate surface area is 203 Å². The second-order valence-electron chi connectivity index (χ2n) is 6.83. The number of ether oxygens (including phenoxy) is 1. The first-order valence-electron chi connectivity index (χ1n) is 9.85. The van der Waals surface area contributed by atoms with Crippen molar-refractivity contribution >= 4 is 42.5 Å². The highest BCUT2D eigenvalue weighted by Gasteiger charge is 2.22. The minimum atomic E-state index is -0.742. The van der Waals surface area contributed by atoms with Gasteiger partial charge in [0.05, 0.1) is 24.9 Å². The van der Waals surface area contributed by atoms with Crippen molar-refractivity contribution in [3.8, 4) is 11.3 Å². The Morgan fingerprint density at radius 3 is 2.42 bits per heavy atom. The molecule has 0 aliphatic heterocycles. The smallest absolute Gasteiger partial charge is 0.319 e. The van der Waals surface area contributed by atoms with E-state index in [9.17, 15) is 14.0 Å². The van der Waals surface area contributed by atoms with E-state index in [0.29, 0.717) is 11.5 Å². The van der Waals surface area contributed by atoms with Gasteiger partial charge in [-0.25, -0.2) is 4.39 Å². The zero-order valence-corrected chi connectivity index (χ0v) is 19.8. The Hall–Kier alpha value is -3.01. The Morgan fingerprint density at radius 1 is 1.12 bits per heavy atom. The SMILES string of the molecule is CCOC(=O)CNC(Cc1ccc(F)cc1)C(=O)Nc1cc(-c2ccncc2)nn1C.Cl.Cl. The fourth-order valence-electron chi connectivity index (χ4n) is 2.99. The van der Waals surface area contributed by atoms with Crippen molar-refractivity contribution < 1.29 is 18.7 Å². The summed E-state index contributed by atoms with van der Waals surface area (Å²) in [6.45, 7) is 1.84. The van der Waals surface area contributed by atoms with E-state index < -0.39 is 12.0 Å². The predicted octanol–water partition coefficient (Wildman–Crippen LogP) is 3.17. The molecule has 0 bridgehead atoms. The summed E-state index contributed by atoms with van der Waals surface area (Å²) in [5, 5.41) is 10.2. The Balaban J connectivity index is 0.00000272. The lowest BCUT2D eigenvalue weighted by Gasteiger charge is -2.18. The van der Waals surface area contributed by atoms with Crippen LogP contribution in [0.1, 0.15) is 12.5 Å². The van der Waals surface area contributed by atoms with Crippen LogP contribution in [0.25, 0.3) is 11.3 Å². The van der Waals surface area contributed by atoms with Gasteiger partial charge in [-0.1, -0.05) is 12.1 Å². The number of pyridine rings is 1. The van der Waals surface area contributed by atoms with Gasteiger partial charge >= 0.3 is 5.97 Å². The molecule has 2 heterocycles. The van der Waals surface area contributed by atoms with Gasteiger partial charge < -0.3 is 10.1 Å². The summed E-state index contributed by atoms with van der Waals surface area (Å²) in [7, 11) is 1.72. The zero-order chi connectivity index (χ0) is 22.2. The van der Waals surface area contributed by atoms with Crippen LogP contribution in [-0.4, -0.2) is 45.8 Å². The van der Waals surface area contributed by atoms with Gasteiger partial charge in [-0.3, -0.25) is 24.6 Å². The number of amides is 1. The van der Waals surface area contributed by atoms with Gasteiger partial charge in [-0.15, -0.1) is 24.8 Å². The zero-order valence-electron chi connectivity index (χ0n) is 18.2. The maximum atomic E-state index is 13.2. The topological polar surface area (TPSA) is 98.1 Å². The lowest BCUT2D eigenvalue weighted by Crippen LogP contribution is -2.44. The third kappa shape index (κ3) is 8.12. The van der Waals surface area contributed by atoms with Crippen molar-refractivity contribution in [1.82, 2.24) is 20.1 Å². The summed E-state index contributed by atoms with van der Waals surface area (Å²) < 4.78 is 19.7. The van der Waals surface area contributed by atoms with Crippen LogP contribution in [0.4, 0.5) is 10.2 Å². The van der Waals surface area contributed by atoms with Crippen LogP contribution in [0.3, 0.4) is 0 Å². The number of rotatable bonds is 9. The number of aromatic nitrogens is 3. The fraction of sp³-hybridized carbons (Fsp3) is 0.273. The van der Waals surface area contributed by atoms with Crippen LogP contribution in [0.5, 0.6) is 0 Å². The van der Waals surface area contributed by atoms with Crippen LogP contribution >= 0.6 is 24.8 Å². The van der Waals surface area contributed by atoms with Gasteiger partial charge in [0.25, 0.3) is 0 Å². The number of nitrogens with zero attached hydrogens (tertiary/aromatic N) is 3. The number of aryl methyl sites for hydroxylation is 1. The maximum absolute atomic E-state index is 13.2. The molecule has 0 radical (unpaired) electrons. The van der Waals surface area contributed by atoms with Crippen molar-refractivity contribution in [3.63, 3.8) is 0 Å². The fourth-order valence-corrected chi connectivity index (χ4v) is 2.99. The first-order valence-corrected chi connectivity index (χ1v) is 9.85. The number of benzene rings is 1. The normalized spacial score (nSPS) is 11.0. The summed E-state index contributed by atoms with van der Waals surface area (Å²) in [5.74, 6) is -0.667. The van der Waals surface area contributed by atoms with E-state index >= 15 is 0 Å². The summed E-state index contributed by atoms with van der Waals surface area (Å²) in [4.78, 5) is 28.7. The average molecular weight is 498 g/mol. The van der Waals surface area contributed by atoms with Crippen molar-refractivity contribution in [2.24, 2.45) is 7.05 Å². The van der Waals surface area contributed by atoms with E-state index in [-0.39, 0.29) is 56.1 Å². The highest BCUT2D eigenvalue weighted by Crippen LogP contribution is 2.20. The molecule has 0 fully saturated rings. The minimum Gasteiger partial charge on any atom is -0.465 e. The second-order valence-corrected chi connectivity index (χ2v) is 6.83. The Bertz CT molecular complexity index is 1030. The molecule has 0 saturated carbocycles. The van der Waals surface area contributed by atoms with E-state index in [1.54, 1.807) is 49.2 Å². The van der Waals surface area contributed by atoms with Crippen LogP contribution in [0.15, 0.2) is 54.9 Å². The summed E-state index contributed by atoms with van der Waals surface area (Å²) in [6.07, 6.45) is 3.60. The Kier molecular flexibility index (Phi) is 11.5. The summed E-state index contributed by atoms with van der Waals surface area (Å²) >= 11 is 0. The molecular formula is C22H26Cl2FN5O3. The lowest BCUT2D eigenvalue weighted by atomic mass is 10.1. The third-order valence-corrected chi connectivity index (χ3v) is 4.57. The first-order chi connectivity index (χ1) is 15.0. The van der Waals surface area contributed by atoms with Gasteiger partial charge in [0.2, 0.25) is 5.91 Å². The molecular weight excluding hydrogens is 472 g/mol. The third-order valence-electron chi connectivity index (χ3n) is 4.57. The minimum absolute atomic E-state index is 0. The average Bonchev–Trinajstić information content (AvgIpc) is 3.13. The van der Waals surface area contributed by atoms with E-state index in [0.717, 1.165) is 11.1 Å². The molecule has 33 heavy (non-hydrogen) atoms. The largest absolute Gasteiger partial charge is 0.465 e. The van der Waals surface area contributed by atoms with Gasteiger partial charge in [-0.05, 0) is 43.2 Å². The molecule has 11 heteroatoms. The molecule has 0 saturated heterocycles. The predicted molar refractivity (Wildman–Crippen MR) is 128 cm³/mol. The molecule has 2 aromatic heterocycles. The van der Waals surface area contributed by atoms with Crippen LogP contribution in [0, 0.1) is 5.82 Å². The molecule has 1 atom stereocenters. The van der Waals surface area contributed by atoms with Crippen LogP contribution < -0.4 is 10.6 Å². The van der Waals surface area contributed by atoms with Crippen molar-refractivity contribution in [2.75, 3.05) is 18.5 Å². The molecule has 1 amide bonds. The molecule has 3 rings (SSSR count). The molecule has 1 aromatic carbocycles. The number of anilines is 1. The van der Waals surface area contributed by atoms with Crippen molar-refractivity contribution in [3.05, 3.63) is 66.2 Å². The van der Waals surface area contributed by atoms with Crippen LogP contribution in [-0.2, 0) is 27.8 Å². The standard InChI is InChI=1S/C22H24FN5O3.2ClH/c1-3-31-21(29)14-25-19(12-15-4-6-17(23)7-5-15)22(30)26-20-13-18(27-28(20)2)16-8-10-24-11-9-16;;/h4-11,13,19,25H,3,12,14H2,1-2H3,(H,26,30);2*1H. The first kappa shape index (κ1) is 28.0. The van der Waals surface area contributed by atoms with Crippen molar-refractivity contribution in [2.45, 2.75) is 19.4 Å².